The van der Waals surface area contributed by atoms with Crippen LogP contribution >= 0.6 is 0 Å². The van der Waals surface area contributed by atoms with Gasteiger partial charge in [-0.05, 0) is 36.6 Å². The summed E-state index contributed by atoms with van der Waals surface area (Å²) in [4.78, 5) is 12.1. The van der Waals surface area contributed by atoms with E-state index in [9.17, 15) is 4.79 Å². The minimum absolute atomic E-state index is 0.0216. The Morgan fingerprint density at radius 2 is 2.39 bits per heavy atom. The maximum absolute atomic E-state index is 12.1. The van der Waals surface area contributed by atoms with Gasteiger partial charge in [-0.2, -0.15) is 5.26 Å². The predicted molar refractivity (Wildman–Crippen MR) is 69.0 cm³/mol. The van der Waals surface area contributed by atoms with Crippen molar-refractivity contribution in [3.8, 4) is 6.07 Å². The summed E-state index contributed by atoms with van der Waals surface area (Å²) in [7, 11) is 0. The van der Waals surface area contributed by atoms with Crippen molar-refractivity contribution in [2.45, 2.75) is 25.8 Å². The molecule has 2 N–H and O–H groups in total. The monoisotopic (exact) mass is 243 g/mol. The summed E-state index contributed by atoms with van der Waals surface area (Å²) in [6, 6.07) is 7.94. The number of nitrogens with one attached hydrogen (secondary N) is 2. The van der Waals surface area contributed by atoms with E-state index in [4.69, 9.17) is 5.26 Å². The largest absolute Gasteiger partial charge is 0.352 e. The van der Waals surface area contributed by atoms with Gasteiger partial charge in [0.05, 0.1) is 6.07 Å². The van der Waals surface area contributed by atoms with E-state index in [1.54, 1.807) is 0 Å². The molecule has 1 aliphatic rings. The van der Waals surface area contributed by atoms with Gasteiger partial charge in [0.25, 0.3) is 5.91 Å². The van der Waals surface area contributed by atoms with Gasteiger partial charge in [0.2, 0.25) is 0 Å². The first-order valence-electron chi connectivity index (χ1n) is 6.29. The van der Waals surface area contributed by atoms with E-state index in [1.807, 2.05) is 12.1 Å². The van der Waals surface area contributed by atoms with Crippen LogP contribution in [0.25, 0.3) is 0 Å². The van der Waals surface area contributed by atoms with Gasteiger partial charge in [0.1, 0.15) is 0 Å². The summed E-state index contributed by atoms with van der Waals surface area (Å²) in [5.74, 6) is -0.0216. The summed E-state index contributed by atoms with van der Waals surface area (Å²) in [6.45, 7) is 2.32. The quantitative estimate of drug-likeness (QED) is 0.785. The summed E-state index contributed by atoms with van der Waals surface area (Å²) in [6.07, 6.45) is 2.09. The Bertz CT molecular complexity index is 476. The summed E-state index contributed by atoms with van der Waals surface area (Å²) in [5, 5.41) is 14.6. The molecule has 0 spiro atoms. The molecular formula is C14H17N3O. The minimum atomic E-state index is -0.0216. The standard InChI is InChI=1S/C14H17N3O/c15-7-1-2-8-17-14(18)13-5-3-4-11-10-16-9-6-12(11)13/h3-5,16H,1-2,6,8-10H2,(H,17,18). The second-order valence-corrected chi connectivity index (χ2v) is 4.39. The van der Waals surface area contributed by atoms with Crippen LogP contribution in [0.1, 0.15) is 34.3 Å². The molecule has 0 aromatic heterocycles. The lowest BCUT2D eigenvalue weighted by molar-refractivity contribution is 0.0952. The molecule has 1 amide bonds. The van der Waals surface area contributed by atoms with Gasteiger partial charge in [-0.1, -0.05) is 12.1 Å². The highest BCUT2D eigenvalue weighted by Crippen LogP contribution is 2.18. The highest BCUT2D eigenvalue weighted by Gasteiger charge is 2.16. The van der Waals surface area contributed by atoms with Crippen LogP contribution in [-0.2, 0) is 13.0 Å². The molecule has 0 bridgehead atoms. The number of fused-ring (bicyclic) bond motifs is 1. The fourth-order valence-electron chi connectivity index (χ4n) is 2.21. The van der Waals surface area contributed by atoms with Crippen molar-refractivity contribution >= 4 is 5.91 Å². The van der Waals surface area contributed by atoms with Crippen LogP contribution in [0.4, 0.5) is 0 Å². The maximum Gasteiger partial charge on any atom is 0.251 e. The molecule has 94 valence electrons. The molecule has 4 heteroatoms. The Balaban J connectivity index is 2.04. The number of carbonyl (C=O) groups is 1. The number of benzene rings is 1. The number of nitrogens with zero attached hydrogens (tertiary/aromatic N) is 1. The molecular weight excluding hydrogens is 226 g/mol. The third kappa shape index (κ3) is 2.88. The zero-order valence-electron chi connectivity index (χ0n) is 10.3. The van der Waals surface area contributed by atoms with Crippen LogP contribution in [0.15, 0.2) is 18.2 Å². The molecule has 1 heterocycles. The first kappa shape index (κ1) is 12.6. The van der Waals surface area contributed by atoms with Gasteiger partial charge in [-0.15, -0.1) is 0 Å². The van der Waals surface area contributed by atoms with Crippen molar-refractivity contribution in [1.29, 1.82) is 5.26 Å². The second-order valence-electron chi connectivity index (χ2n) is 4.39. The van der Waals surface area contributed by atoms with E-state index in [-0.39, 0.29) is 5.91 Å². The molecule has 1 aromatic carbocycles. The minimum Gasteiger partial charge on any atom is -0.352 e. The Hall–Kier alpha value is -1.86. The number of hydrogen-bond acceptors (Lipinski definition) is 3. The van der Waals surface area contributed by atoms with Gasteiger partial charge < -0.3 is 10.6 Å². The molecule has 0 atom stereocenters. The van der Waals surface area contributed by atoms with Crippen LogP contribution in [0.3, 0.4) is 0 Å². The van der Waals surface area contributed by atoms with Crippen molar-refractivity contribution < 1.29 is 4.79 Å². The topological polar surface area (TPSA) is 64.9 Å². The summed E-state index contributed by atoms with van der Waals surface area (Å²) < 4.78 is 0. The maximum atomic E-state index is 12.1. The first-order chi connectivity index (χ1) is 8.83. The zero-order valence-corrected chi connectivity index (χ0v) is 10.3. The number of carbonyl (C=O) groups excluding carboxylic acids is 1. The SMILES string of the molecule is N#CCCCNC(=O)c1cccc2c1CCNC2. The Kier molecular flexibility index (Phi) is 4.32. The fourth-order valence-corrected chi connectivity index (χ4v) is 2.21. The summed E-state index contributed by atoms with van der Waals surface area (Å²) in [5.41, 5.74) is 3.16. The van der Waals surface area contributed by atoms with Gasteiger partial charge in [-0.25, -0.2) is 0 Å². The average molecular weight is 243 g/mol. The predicted octanol–water partition coefficient (Wildman–Crippen LogP) is 1.37. The molecule has 18 heavy (non-hydrogen) atoms. The van der Waals surface area contributed by atoms with Crippen LogP contribution in [0.2, 0.25) is 0 Å². The highest BCUT2D eigenvalue weighted by atomic mass is 16.1. The number of nitriles is 1. The second kappa shape index (κ2) is 6.18. The van der Waals surface area contributed by atoms with E-state index in [0.29, 0.717) is 19.4 Å². The molecule has 0 aliphatic carbocycles. The van der Waals surface area contributed by atoms with Crippen molar-refractivity contribution in [1.82, 2.24) is 10.6 Å². The van der Waals surface area contributed by atoms with Crippen molar-refractivity contribution in [2.75, 3.05) is 13.1 Å². The Morgan fingerprint density at radius 3 is 3.22 bits per heavy atom. The van der Waals surface area contributed by atoms with Crippen LogP contribution in [0.5, 0.6) is 0 Å². The normalized spacial score (nSPS) is 13.5. The average Bonchev–Trinajstić information content (AvgIpc) is 2.43. The number of amides is 1. The fraction of sp³-hybridized carbons (Fsp3) is 0.429. The smallest absolute Gasteiger partial charge is 0.251 e. The number of hydrogen-bond donors (Lipinski definition) is 2. The van der Waals surface area contributed by atoms with Crippen molar-refractivity contribution in [3.05, 3.63) is 34.9 Å². The Morgan fingerprint density at radius 1 is 1.50 bits per heavy atom. The lowest BCUT2D eigenvalue weighted by atomic mass is 9.95. The molecule has 1 aliphatic heterocycles. The van der Waals surface area contributed by atoms with Gasteiger partial charge in [0.15, 0.2) is 0 Å². The van der Waals surface area contributed by atoms with Crippen LogP contribution < -0.4 is 10.6 Å². The van der Waals surface area contributed by atoms with E-state index in [1.165, 1.54) is 5.56 Å². The molecule has 1 aromatic rings. The number of unbranched alkanes of at least 4 members (excludes halogenated alkanes) is 1. The lowest BCUT2D eigenvalue weighted by Crippen LogP contribution is -2.29. The van der Waals surface area contributed by atoms with E-state index < -0.39 is 0 Å². The molecule has 0 saturated heterocycles. The van der Waals surface area contributed by atoms with Crippen molar-refractivity contribution in [2.24, 2.45) is 0 Å². The van der Waals surface area contributed by atoms with Crippen LogP contribution in [-0.4, -0.2) is 19.0 Å². The zero-order chi connectivity index (χ0) is 12.8. The molecule has 2 rings (SSSR count). The van der Waals surface area contributed by atoms with Crippen molar-refractivity contribution in [3.63, 3.8) is 0 Å². The first-order valence-corrected chi connectivity index (χ1v) is 6.29. The molecule has 0 radical (unpaired) electrons. The third-order valence-corrected chi connectivity index (χ3v) is 3.14. The van der Waals surface area contributed by atoms with E-state index in [0.717, 1.165) is 30.6 Å². The van der Waals surface area contributed by atoms with E-state index >= 15 is 0 Å². The Labute approximate surface area is 107 Å². The molecule has 0 fully saturated rings. The lowest BCUT2D eigenvalue weighted by Gasteiger charge is -2.19. The summed E-state index contributed by atoms with van der Waals surface area (Å²) >= 11 is 0. The van der Waals surface area contributed by atoms with Gasteiger partial charge in [0, 0.05) is 25.1 Å². The van der Waals surface area contributed by atoms with Gasteiger partial charge >= 0.3 is 0 Å². The van der Waals surface area contributed by atoms with E-state index in [2.05, 4.69) is 22.8 Å². The van der Waals surface area contributed by atoms with Gasteiger partial charge in [-0.3, -0.25) is 4.79 Å². The molecule has 4 nitrogen and oxygen atoms in total. The molecule has 0 saturated carbocycles. The third-order valence-electron chi connectivity index (χ3n) is 3.14. The van der Waals surface area contributed by atoms with Crippen LogP contribution in [0, 0.1) is 11.3 Å². The highest BCUT2D eigenvalue weighted by molar-refractivity contribution is 5.96. The molecule has 0 unspecified atom stereocenters. The number of rotatable bonds is 4.